The number of hydrogen-bond acceptors (Lipinski definition) is 6. The van der Waals surface area contributed by atoms with Crippen molar-refractivity contribution in [3.63, 3.8) is 0 Å². The van der Waals surface area contributed by atoms with Gasteiger partial charge in [-0.25, -0.2) is 0 Å². The van der Waals surface area contributed by atoms with E-state index in [-0.39, 0.29) is 12.3 Å². The predicted molar refractivity (Wildman–Crippen MR) is 90.7 cm³/mol. The van der Waals surface area contributed by atoms with Gasteiger partial charge in [0.05, 0.1) is 7.11 Å². The first kappa shape index (κ1) is 16.6. The third-order valence-electron chi connectivity index (χ3n) is 3.56. The zero-order valence-electron chi connectivity index (χ0n) is 13.8. The molecule has 0 unspecified atom stereocenters. The van der Waals surface area contributed by atoms with Crippen LogP contribution in [0.5, 0.6) is 5.75 Å². The highest BCUT2D eigenvalue weighted by Crippen LogP contribution is 2.22. The molecule has 1 N–H and O–H groups in total. The summed E-state index contributed by atoms with van der Waals surface area (Å²) in [6.45, 7) is 0.450. The van der Waals surface area contributed by atoms with E-state index in [0.717, 1.165) is 11.1 Å². The van der Waals surface area contributed by atoms with Gasteiger partial charge in [0, 0.05) is 37.3 Å². The molecule has 3 aromatic rings. The first-order chi connectivity index (χ1) is 12.2. The lowest BCUT2D eigenvalue weighted by Gasteiger charge is -2.03. The number of pyridine rings is 1. The van der Waals surface area contributed by atoms with Crippen LogP contribution in [0.3, 0.4) is 0 Å². The predicted octanol–water partition coefficient (Wildman–Crippen LogP) is 2.39. The zero-order chi connectivity index (χ0) is 17.5. The number of rotatable bonds is 7. The number of amides is 1. The number of nitrogens with zero attached hydrogens (tertiary/aromatic N) is 3. The van der Waals surface area contributed by atoms with E-state index in [1.165, 1.54) is 0 Å². The van der Waals surface area contributed by atoms with Gasteiger partial charge in [0.1, 0.15) is 5.75 Å². The standard InChI is InChI=1S/C18H18N4O3/c1-24-15-6-2-5-14(10-15)18-22-21-17(25-18)8-7-16(23)20-12-13-4-3-9-19-11-13/h2-6,9-11H,7-8,12H2,1H3,(H,20,23). The SMILES string of the molecule is COc1cccc(-c2nnc(CCC(=O)NCc3cccnc3)o2)c1. The number of aryl methyl sites for hydroxylation is 1. The average molecular weight is 338 g/mol. The van der Waals surface area contributed by atoms with Gasteiger partial charge in [0.25, 0.3) is 0 Å². The molecule has 0 saturated heterocycles. The van der Waals surface area contributed by atoms with Crippen molar-refractivity contribution in [2.45, 2.75) is 19.4 Å². The van der Waals surface area contributed by atoms with Crippen molar-refractivity contribution in [2.24, 2.45) is 0 Å². The molecule has 0 saturated carbocycles. The number of carbonyl (C=O) groups excluding carboxylic acids is 1. The van der Waals surface area contributed by atoms with E-state index >= 15 is 0 Å². The molecule has 0 spiro atoms. The minimum absolute atomic E-state index is 0.0787. The second kappa shape index (κ2) is 8.05. The summed E-state index contributed by atoms with van der Waals surface area (Å²) in [6, 6.07) is 11.1. The molecule has 0 fully saturated rings. The highest BCUT2D eigenvalue weighted by Gasteiger charge is 2.11. The Hall–Kier alpha value is -3.22. The molecule has 0 aliphatic carbocycles. The molecule has 7 heteroatoms. The molecule has 0 atom stereocenters. The number of hydrogen-bond donors (Lipinski definition) is 1. The van der Waals surface area contributed by atoms with Crippen LogP contribution in [0.15, 0.2) is 53.2 Å². The van der Waals surface area contributed by atoms with Gasteiger partial charge in [-0.05, 0) is 29.8 Å². The molecule has 0 aliphatic heterocycles. The first-order valence-electron chi connectivity index (χ1n) is 7.87. The van der Waals surface area contributed by atoms with Gasteiger partial charge in [0.2, 0.25) is 17.7 Å². The highest BCUT2D eigenvalue weighted by molar-refractivity contribution is 5.76. The average Bonchev–Trinajstić information content (AvgIpc) is 3.15. The van der Waals surface area contributed by atoms with Gasteiger partial charge in [-0.1, -0.05) is 12.1 Å². The molecule has 1 aromatic carbocycles. The van der Waals surface area contributed by atoms with Gasteiger partial charge >= 0.3 is 0 Å². The fraction of sp³-hybridized carbons (Fsp3) is 0.222. The molecule has 3 rings (SSSR count). The summed E-state index contributed by atoms with van der Waals surface area (Å²) in [6.07, 6.45) is 4.08. The Bertz CT molecular complexity index is 833. The van der Waals surface area contributed by atoms with Crippen molar-refractivity contribution in [2.75, 3.05) is 7.11 Å². The molecule has 2 heterocycles. The molecule has 2 aromatic heterocycles. The van der Waals surface area contributed by atoms with Gasteiger partial charge < -0.3 is 14.5 Å². The normalized spacial score (nSPS) is 10.4. The van der Waals surface area contributed by atoms with Gasteiger partial charge in [-0.15, -0.1) is 10.2 Å². The lowest BCUT2D eigenvalue weighted by Crippen LogP contribution is -2.23. The van der Waals surface area contributed by atoms with Crippen LogP contribution in [0.4, 0.5) is 0 Å². The number of nitrogens with one attached hydrogen (secondary N) is 1. The van der Waals surface area contributed by atoms with Crippen LogP contribution in [0.1, 0.15) is 17.9 Å². The fourth-order valence-electron chi connectivity index (χ4n) is 2.24. The number of benzene rings is 1. The molecule has 7 nitrogen and oxygen atoms in total. The molecular formula is C18H18N4O3. The smallest absolute Gasteiger partial charge is 0.247 e. The Kier molecular flexibility index (Phi) is 5.36. The van der Waals surface area contributed by atoms with Crippen LogP contribution in [-0.2, 0) is 17.8 Å². The van der Waals surface area contributed by atoms with Crippen molar-refractivity contribution in [1.82, 2.24) is 20.5 Å². The van der Waals surface area contributed by atoms with Crippen LogP contribution in [0, 0.1) is 0 Å². The molecule has 0 bridgehead atoms. The Balaban J connectivity index is 1.52. The van der Waals surface area contributed by atoms with Gasteiger partial charge in [0.15, 0.2) is 0 Å². The van der Waals surface area contributed by atoms with Crippen LogP contribution in [0.2, 0.25) is 0 Å². The fourth-order valence-corrected chi connectivity index (χ4v) is 2.24. The quantitative estimate of drug-likeness (QED) is 0.711. The molecule has 25 heavy (non-hydrogen) atoms. The van der Waals surface area contributed by atoms with E-state index in [1.807, 2.05) is 36.4 Å². The Morgan fingerprint density at radius 3 is 2.96 bits per heavy atom. The summed E-state index contributed by atoms with van der Waals surface area (Å²) in [5.41, 5.74) is 1.73. The second-order valence-electron chi connectivity index (χ2n) is 5.37. The van der Waals surface area contributed by atoms with Crippen LogP contribution >= 0.6 is 0 Å². The first-order valence-corrected chi connectivity index (χ1v) is 7.87. The van der Waals surface area contributed by atoms with Crippen LogP contribution in [0.25, 0.3) is 11.5 Å². The van der Waals surface area contributed by atoms with Crippen molar-refractivity contribution in [1.29, 1.82) is 0 Å². The van der Waals surface area contributed by atoms with Crippen molar-refractivity contribution < 1.29 is 13.9 Å². The van der Waals surface area contributed by atoms with E-state index in [1.54, 1.807) is 19.5 Å². The molecule has 1 amide bonds. The Labute approximate surface area is 145 Å². The molecule has 0 radical (unpaired) electrons. The molecular weight excluding hydrogens is 320 g/mol. The maximum atomic E-state index is 11.9. The maximum absolute atomic E-state index is 11.9. The van der Waals surface area contributed by atoms with E-state index in [4.69, 9.17) is 9.15 Å². The summed E-state index contributed by atoms with van der Waals surface area (Å²) in [4.78, 5) is 15.9. The lowest BCUT2D eigenvalue weighted by molar-refractivity contribution is -0.121. The minimum Gasteiger partial charge on any atom is -0.497 e. The van der Waals surface area contributed by atoms with Crippen LogP contribution in [-0.4, -0.2) is 28.2 Å². The van der Waals surface area contributed by atoms with Crippen molar-refractivity contribution >= 4 is 5.91 Å². The van der Waals surface area contributed by atoms with E-state index < -0.39 is 0 Å². The Morgan fingerprint density at radius 2 is 2.16 bits per heavy atom. The highest BCUT2D eigenvalue weighted by atomic mass is 16.5. The molecule has 0 aliphatic rings. The van der Waals surface area contributed by atoms with Crippen molar-refractivity contribution in [3.05, 3.63) is 60.2 Å². The molecule has 128 valence electrons. The summed E-state index contributed by atoms with van der Waals surface area (Å²) >= 11 is 0. The number of methoxy groups -OCH3 is 1. The number of carbonyl (C=O) groups is 1. The van der Waals surface area contributed by atoms with E-state index in [2.05, 4.69) is 20.5 Å². The third kappa shape index (κ3) is 4.63. The Morgan fingerprint density at radius 1 is 1.24 bits per heavy atom. The van der Waals surface area contributed by atoms with Gasteiger partial charge in [-0.3, -0.25) is 9.78 Å². The zero-order valence-corrected chi connectivity index (χ0v) is 13.8. The minimum atomic E-state index is -0.0787. The van der Waals surface area contributed by atoms with Gasteiger partial charge in [-0.2, -0.15) is 0 Å². The van der Waals surface area contributed by atoms with E-state index in [9.17, 15) is 4.79 Å². The second-order valence-corrected chi connectivity index (χ2v) is 5.37. The van der Waals surface area contributed by atoms with Crippen LogP contribution < -0.4 is 10.1 Å². The summed E-state index contributed by atoms with van der Waals surface area (Å²) in [5, 5.41) is 10.8. The maximum Gasteiger partial charge on any atom is 0.247 e. The summed E-state index contributed by atoms with van der Waals surface area (Å²) < 4.78 is 10.8. The third-order valence-corrected chi connectivity index (χ3v) is 3.56. The van der Waals surface area contributed by atoms with Crippen molar-refractivity contribution in [3.8, 4) is 17.2 Å². The summed E-state index contributed by atoms with van der Waals surface area (Å²) in [5.74, 6) is 1.47. The topological polar surface area (TPSA) is 90.1 Å². The summed E-state index contributed by atoms with van der Waals surface area (Å²) in [7, 11) is 1.60. The largest absolute Gasteiger partial charge is 0.497 e. The van der Waals surface area contributed by atoms with E-state index in [0.29, 0.717) is 30.5 Å². The number of aromatic nitrogens is 3. The lowest BCUT2D eigenvalue weighted by atomic mass is 10.2. The number of ether oxygens (including phenoxy) is 1. The monoisotopic (exact) mass is 338 g/mol.